The summed E-state index contributed by atoms with van der Waals surface area (Å²) < 4.78 is 4.11. The summed E-state index contributed by atoms with van der Waals surface area (Å²) in [6.45, 7) is 4.60. The Hall–Kier alpha value is -5.72. The number of aliphatic hydroxyl groups excluding tert-OH is 1. The summed E-state index contributed by atoms with van der Waals surface area (Å²) in [5, 5.41) is 21.2. The number of ether oxygens (including phenoxy) is 1. The van der Waals surface area contributed by atoms with Gasteiger partial charge in [-0.2, -0.15) is 0 Å². The van der Waals surface area contributed by atoms with Crippen LogP contribution < -0.4 is 21.3 Å². The molecule has 4 atom stereocenters. The molecule has 0 radical (unpaired) electrons. The van der Waals surface area contributed by atoms with Gasteiger partial charge >= 0.3 is 5.97 Å². The molecule has 0 aromatic heterocycles. The average molecular weight is 807 g/mol. The number of hydrogen-bond donors (Lipinski definition) is 5. The topological polar surface area (TPSA) is 163 Å². The zero-order chi connectivity index (χ0) is 41.9. The molecule has 0 aliphatic carbocycles. The van der Waals surface area contributed by atoms with E-state index in [1.54, 1.807) is 56.0 Å². The van der Waals surface area contributed by atoms with E-state index in [9.17, 15) is 29.1 Å². The van der Waals surface area contributed by atoms with Gasteiger partial charge in [0.2, 0.25) is 23.6 Å². The van der Waals surface area contributed by atoms with E-state index >= 15 is 0 Å². The second kappa shape index (κ2) is 22.9. The van der Waals surface area contributed by atoms with Gasteiger partial charge in [0.05, 0.1) is 24.4 Å². The van der Waals surface area contributed by atoms with Crippen molar-refractivity contribution in [2.45, 2.75) is 69.0 Å². The molecular weight excluding hydrogens is 753 g/mol. The van der Waals surface area contributed by atoms with Crippen molar-refractivity contribution in [2.24, 2.45) is 5.92 Å². The molecule has 5 N–H and O–H groups in total. The maximum atomic E-state index is 13.6. The lowest BCUT2D eigenvalue weighted by Crippen LogP contribution is -2.58. The molecule has 4 aromatic carbocycles. The maximum absolute atomic E-state index is 13.6. The lowest BCUT2D eigenvalue weighted by Gasteiger charge is -2.35. The Bertz CT molecular complexity index is 1850. The number of amides is 4. The molecule has 58 heavy (non-hydrogen) atoms. The van der Waals surface area contributed by atoms with Crippen LogP contribution in [0.2, 0.25) is 0 Å². The summed E-state index contributed by atoms with van der Waals surface area (Å²) in [5.41, 5.74) is 4.23. The summed E-state index contributed by atoms with van der Waals surface area (Å²) in [6, 6.07) is 37.1. The van der Waals surface area contributed by atoms with Crippen LogP contribution in [-0.4, -0.2) is 78.3 Å². The van der Waals surface area contributed by atoms with Crippen molar-refractivity contribution < 1.29 is 33.8 Å². The fourth-order valence-electron chi connectivity index (χ4n) is 6.41. The van der Waals surface area contributed by atoms with Gasteiger partial charge in [-0.25, -0.2) is 0 Å². The molecule has 0 aliphatic rings. The molecule has 0 saturated carbocycles. The highest BCUT2D eigenvalue weighted by atomic mass is 32.2. The Morgan fingerprint density at radius 2 is 1.22 bits per heavy atom. The third-order valence-corrected chi connectivity index (χ3v) is 11.0. The number of benzene rings is 4. The normalized spacial score (nSPS) is 13.5. The first-order valence-corrected chi connectivity index (χ1v) is 20.4. The molecule has 11 nitrogen and oxygen atoms in total. The molecule has 0 spiro atoms. The van der Waals surface area contributed by atoms with Crippen molar-refractivity contribution in [2.75, 3.05) is 19.4 Å². The Morgan fingerprint density at radius 1 is 0.707 bits per heavy atom. The van der Waals surface area contributed by atoms with Crippen molar-refractivity contribution in [1.82, 2.24) is 21.3 Å². The number of carbonyl (C=O) groups is 5. The van der Waals surface area contributed by atoms with Gasteiger partial charge in [-0.15, -0.1) is 11.8 Å². The van der Waals surface area contributed by atoms with Crippen LogP contribution in [0.3, 0.4) is 0 Å². The molecule has 306 valence electrons. The highest BCUT2D eigenvalue weighted by Gasteiger charge is 2.36. The van der Waals surface area contributed by atoms with E-state index in [1.807, 2.05) is 66.7 Å². The van der Waals surface area contributed by atoms with Gasteiger partial charge in [-0.05, 0) is 47.3 Å². The molecule has 0 aliphatic heterocycles. The Kier molecular flexibility index (Phi) is 17.7. The number of esters is 1. The largest absolute Gasteiger partial charge is 0.468 e. The molecule has 0 unspecified atom stereocenters. The second-order valence-corrected chi connectivity index (χ2v) is 15.5. The van der Waals surface area contributed by atoms with Gasteiger partial charge in [-0.1, -0.05) is 147 Å². The van der Waals surface area contributed by atoms with Crippen LogP contribution in [0, 0.1) is 5.92 Å². The summed E-state index contributed by atoms with van der Waals surface area (Å²) in [5.74, 6) is -2.63. The molecule has 4 amide bonds. The molecule has 0 bridgehead atoms. The zero-order valence-corrected chi connectivity index (χ0v) is 34.2. The van der Waals surface area contributed by atoms with Crippen molar-refractivity contribution in [3.05, 3.63) is 156 Å². The highest BCUT2D eigenvalue weighted by Crippen LogP contribution is 2.48. The van der Waals surface area contributed by atoms with Crippen molar-refractivity contribution in [3.63, 3.8) is 0 Å². The summed E-state index contributed by atoms with van der Waals surface area (Å²) in [7, 11) is 1.20. The van der Waals surface area contributed by atoms with Crippen molar-refractivity contribution >= 4 is 41.4 Å². The first kappa shape index (κ1) is 45.0. The van der Waals surface area contributed by atoms with Crippen molar-refractivity contribution in [1.29, 1.82) is 0 Å². The minimum atomic E-state index is -1.10. The van der Waals surface area contributed by atoms with Crippen LogP contribution in [0.15, 0.2) is 133 Å². The predicted molar refractivity (Wildman–Crippen MR) is 228 cm³/mol. The molecular formula is C46H54N4O7S. The number of thioether (sulfide) groups is 1. The summed E-state index contributed by atoms with van der Waals surface area (Å²) >= 11 is 1.80. The quantitative estimate of drug-likeness (QED) is 0.0338. The van der Waals surface area contributed by atoms with Crippen LogP contribution in [0.1, 0.15) is 55.9 Å². The van der Waals surface area contributed by atoms with Crippen LogP contribution in [0.25, 0.3) is 0 Å². The monoisotopic (exact) mass is 806 g/mol. The number of methoxy groups -OCH3 is 1. The number of hydrogen-bond acceptors (Lipinski definition) is 8. The maximum Gasteiger partial charge on any atom is 0.325 e. The van der Waals surface area contributed by atoms with Crippen molar-refractivity contribution in [3.8, 4) is 0 Å². The molecule has 0 saturated heterocycles. The standard InChI is InChI=1S/C46H54N4O7S/c1-32(2)42(45(56)47-31-41(53)57-4)50-44(55)39(29-34-19-9-5-10-20-34)49-43(54)33(3)48-40(52)30-38(51)27-17-18-28-58-46(35-21-11-6-12-22-35,36-23-13-7-14-24-36)37-25-15-8-16-26-37/h5-17,19-27,32-33,38-39,42,51H,18,28-31H2,1-4H3,(H,47,56)(H,48,52)(H,49,54)(H,50,55)/b27-17+/t33-,38-,39-,42-/m1/s1. The molecule has 12 heteroatoms. The molecule has 4 aromatic rings. The Morgan fingerprint density at radius 3 is 1.72 bits per heavy atom. The molecule has 4 rings (SSSR count). The van der Waals surface area contributed by atoms with Gasteiger partial charge in [0.15, 0.2) is 0 Å². The van der Waals surface area contributed by atoms with E-state index in [-0.39, 0.29) is 25.3 Å². The van der Waals surface area contributed by atoms with Crippen LogP contribution >= 0.6 is 11.8 Å². The second-order valence-electron chi connectivity index (χ2n) is 14.2. The van der Waals surface area contributed by atoms with E-state index in [4.69, 9.17) is 0 Å². The lowest BCUT2D eigenvalue weighted by molar-refractivity contribution is -0.141. The highest BCUT2D eigenvalue weighted by molar-refractivity contribution is 8.00. The number of aliphatic hydroxyl groups is 1. The van der Waals surface area contributed by atoms with E-state index < -0.39 is 58.6 Å². The van der Waals surface area contributed by atoms with E-state index in [0.717, 1.165) is 28.0 Å². The smallest absolute Gasteiger partial charge is 0.325 e. The van der Waals surface area contributed by atoms with Gasteiger partial charge in [-0.3, -0.25) is 24.0 Å². The minimum Gasteiger partial charge on any atom is -0.468 e. The third kappa shape index (κ3) is 13.2. The van der Waals surface area contributed by atoms with Crippen LogP contribution in [0.4, 0.5) is 0 Å². The van der Waals surface area contributed by atoms with Gasteiger partial charge in [0.25, 0.3) is 0 Å². The van der Waals surface area contributed by atoms with E-state index in [1.165, 1.54) is 14.0 Å². The Labute approximate surface area is 345 Å². The Balaban J connectivity index is 1.35. The number of rotatable bonds is 21. The minimum absolute atomic E-state index is 0.110. The van der Waals surface area contributed by atoms with Crippen LogP contribution in [-0.2, 0) is 39.9 Å². The van der Waals surface area contributed by atoms with Gasteiger partial charge in [0, 0.05) is 6.42 Å². The fraction of sp³-hybridized carbons (Fsp3) is 0.326. The third-order valence-electron chi connectivity index (χ3n) is 9.46. The average Bonchev–Trinajstić information content (AvgIpc) is 3.23. The number of nitrogens with one attached hydrogen (secondary N) is 4. The number of allylic oxidation sites excluding steroid dienone is 1. The molecule has 0 heterocycles. The first-order valence-electron chi connectivity index (χ1n) is 19.4. The predicted octanol–water partition coefficient (Wildman–Crippen LogP) is 5.07. The van der Waals surface area contributed by atoms with Gasteiger partial charge in [0.1, 0.15) is 24.7 Å². The molecule has 0 fully saturated rings. The SMILES string of the molecule is COC(=O)CNC(=O)[C@H](NC(=O)[C@@H](Cc1ccccc1)NC(=O)[C@@H](C)NC(=O)C[C@H](O)/C=C/CCSC(c1ccccc1)(c1ccccc1)c1ccccc1)C(C)C. The number of carbonyl (C=O) groups excluding carboxylic acids is 5. The first-order chi connectivity index (χ1) is 27.9. The van der Waals surface area contributed by atoms with Crippen LogP contribution in [0.5, 0.6) is 0 Å². The van der Waals surface area contributed by atoms with Gasteiger partial charge < -0.3 is 31.1 Å². The van der Waals surface area contributed by atoms with E-state index in [0.29, 0.717) is 6.42 Å². The lowest BCUT2D eigenvalue weighted by atomic mass is 9.84. The van der Waals surface area contributed by atoms with E-state index in [2.05, 4.69) is 62.4 Å². The summed E-state index contributed by atoms with van der Waals surface area (Å²) in [6.07, 6.45) is 2.84. The fourth-order valence-corrected chi connectivity index (χ4v) is 7.88. The zero-order valence-electron chi connectivity index (χ0n) is 33.4. The summed E-state index contributed by atoms with van der Waals surface area (Å²) in [4.78, 5) is 64.3.